The minimum absolute atomic E-state index is 0.00155. The Kier molecular flexibility index (Phi) is 5.88. The van der Waals surface area contributed by atoms with Crippen LogP contribution in [0.5, 0.6) is 5.75 Å². The highest BCUT2D eigenvalue weighted by molar-refractivity contribution is 5.86. The molecule has 0 saturated heterocycles. The third kappa shape index (κ3) is 4.87. The quantitative estimate of drug-likeness (QED) is 0.342. The number of halogens is 3. The fourth-order valence-corrected chi connectivity index (χ4v) is 3.45. The summed E-state index contributed by atoms with van der Waals surface area (Å²) in [6.45, 7) is 3.91. The van der Waals surface area contributed by atoms with Gasteiger partial charge in [0.15, 0.2) is 5.76 Å². The van der Waals surface area contributed by atoms with Crippen molar-refractivity contribution in [2.45, 2.75) is 39.0 Å². The normalized spacial score (nSPS) is 11.9. The third-order valence-electron chi connectivity index (χ3n) is 5.07. The first-order chi connectivity index (χ1) is 15.6. The zero-order valence-electron chi connectivity index (χ0n) is 17.8. The second-order valence-corrected chi connectivity index (χ2v) is 7.84. The molecule has 4 aromatic rings. The Morgan fingerprint density at radius 3 is 2.52 bits per heavy atom. The molecule has 6 nitrogen and oxygen atoms in total. The lowest BCUT2D eigenvalue weighted by Gasteiger charge is -2.07. The highest BCUT2D eigenvalue weighted by atomic mass is 19.4. The van der Waals surface area contributed by atoms with Gasteiger partial charge in [0, 0.05) is 22.6 Å². The molecule has 33 heavy (non-hydrogen) atoms. The predicted molar refractivity (Wildman–Crippen MR) is 113 cm³/mol. The van der Waals surface area contributed by atoms with Crippen molar-refractivity contribution in [3.8, 4) is 17.2 Å². The maximum absolute atomic E-state index is 12.8. The van der Waals surface area contributed by atoms with Gasteiger partial charge in [0.05, 0.1) is 23.9 Å². The molecule has 1 N–H and O–H groups in total. The van der Waals surface area contributed by atoms with Crippen LogP contribution in [0, 0.1) is 0 Å². The summed E-state index contributed by atoms with van der Waals surface area (Å²) < 4.78 is 55.6. The van der Waals surface area contributed by atoms with Crippen molar-refractivity contribution in [3.63, 3.8) is 0 Å². The summed E-state index contributed by atoms with van der Waals surface area (Å²) in [5.41, 5.74) is 1.40. The smallest absolute Gasteiger partial charge is 0.416 e. The number of carboxylic acids is 1. The molecule has 172 valence electrons. The summed E-state index contributed by atoms with van der Waals surface area (Å²) in [5, 5.41) is 9.67. The van der Waals surface area contributed by atoms with Gasteiger partial charge < -0.3 is 18.7 Å². The van der Waals surface area contributed by atoms with Crippen molar-refractivity contribution in [2.75, 3.05) is 0 Å². The lowest BCUT2D eigenvalue weighted by molar-refractivity contribution is -0.138. The minimum Gasteiger partial charge on any atom is -0.485 e. The lowest BCUT2D eigenvalue weighted by atomic mass is 10.1. The van der Waals surface area contributed by atoms with E-state index in [2.05, 4.69) is 4.98 Å². The van der Waals surface area contributed by atoms with Crippen molar-refractivity contribution in [1.82, 2.24) is 4.98 Å². The SMILES string of the molecule is CC(C)c1nc(-c2ccc(C(F)(F)F)cc2)oc1COc1ccc2c(CC(=O)O)coc2c1. The number of aliphatic carboxylic acids is 1. The minimum atomic E-state index is -4.42. The van der Waals surface area contributed by atoms with E-state index in [0.717, 1.165) is 12.1 Å². The number of alkyl halides is 3. The molecule has 2 aromatic heterocycles. The Bertz CT molecular complexity index is 1290. The molecular formula is C24H20F3NO5. The second-order valence-electron chi connectivity index (χ2n) is 7.84. The van der Waals surface area contributed by atoms with Gasteiger partial charge in [-0.05, 0) is 42.3 Å². The Morgan fingerprint density at radius 2 is 1.88 bits per heavy atom. The molecule has 0 unspecified atom stereocenters. The van der Waals surface area contributed by atoms with Crippen LogP contribution in [0.1, 0.15) is 42.3 Å². The number of hydrogen-bond donors (Lipinski definition) is 1. The van der Waals surface area contributed by atoms with E-state index in [4.69, 9.17) is 18.7 Å². The summed E-state index contributed by atoms with van der Waals surface area (Å²) in [6, 6.07) is 9.70. The van der Waals surface area contributed by atoms with Crippen molar-refractivity contribution in [2.24, 2.45) is 0 Å². The largest absolute Gasteiger partial charge is 0.485 e. The van der Waals surface area contributed by atoms with E-state index in [1.165, 1.54) is 18.4 Å². The van der Waals surface area contributed by atoms with Crippen LogP contribution in [0.3, 0.4) is 0 Å². The average molecular weight is 459 g/mol. The van der Waals surface area contributed by atoms with E-state index in [1.54, 1.807) is 18.2 Å². The van der Waals surface area contributed by atoms with E-state index in [0.29, 0.717) is 39.3 Å². The number of carbonyl (C=O) groups is 1. The molecule has 0 fully saturated rings. The number of hydrogen-bond acceptors (Lipinski definition) is 5. The number of nitrogens with zero attached hydrogens (tertiary/aromatic N) is 1. The number of ether oxygens (including phenoxy) is 1. The standard InChI is InChI=1S/C24H20F3NO5/c1-13(2)22-20(33-23(28-22)14-3-5-16(6-4-14)24(25,26)27)12-31-17-7-8-18-15(9-21(29)30)11-32-19(18)10-17/h3-8,10-11,13H,9,12H2,1-2H3,(H,29,30). The van der Waals surface area contributed by atoms with Gasteiger partial charge in [-0.25, -0.2) is 4.98 Å². The molecule has 2 heterocycles. The summed E-state index contributed by atoms with van der Waals surface area (Å²) in [6.07, 6.45) is -3.15. The van der Waals surface area contributed by atoms with Gasteiger partial charge in [0.1, 0.15) is 17.9 Å². The summed E-state index contributed by atoms with van der Waals surface area (Å²) >= 11 is 0. The van der Waals surface area contributed by atoms with Gasteiger partial charge >= 0.3 is 12.1 Å². The lowest BCUT2D eigenvalue weighted by Crippen LogP contribution is -2.03. The van der Waals surface area contributed by atoms with Crippen LogP contribution in [-0.2, 0) is 24.0 Å². The molecule has 0 bridgehead atoms. The van der Waals surface area contributed by atoms with Gasteiger partial charge in [-0.3, -0.25) is 4.79 Å². The average Bonchev–Trinajstić information content (AvgIpc) is 3.36. The van der Waals surface area contributed by atoms with Crippen molar-refractivity contribution >= 4 is 16.9 Å². The molecule has 0 atom stereocenters. The van der Waals surface area contributed by atoms with Crippen LogP contribution in [0.4, 0.5) is 13.2 Å². The monoisotopic (exact) mass is 459 g/mol. The molecule has 9 heteroatoms. The van der Waals surface area contributed by atoms with Crippen LogP contribution >= 0.6 is 0 Å². The predicted octanol–water partition coefficient (Wildman–Crippen LogP) is 6.44. The van der Waals surface area contributed by atoms with Crippen LogP contribution in [0.15, 0.2) is 57.6 Å². The van der Waals surface area contributed by atoms with E-state index in [-0.39, 0.29) is 24.8 Å². The zero-order valence-corrected chi connectivity index (χ0v) is 17.8. The van der Waals surface area contributed by atoms with Gasteiger partial charge in [0.25, 0.3) is 0 Å². The fourth-order valence-electron chi connectivity index (χ4n) is 3.45. The number of oxazole rings is 1. The van der Waals surface area contributed by atoms with Gasteiger partial charge in [0.2, 0.25) is 5.89 Å². The van der Waals surface area contributed by atoms with Crippen LogP contribution < -0.4 is 4.74 Å². The van der Waals surface area contributed by atoms with E-state index in [1.807, 2.05) is 13.8 Å². The molecule has 0 aliphatic heterocycles. The van der Waals surface area contributed by atoms with Crippen LogP contribution in [0.25, 0.3) is 22.4 Å². The van der Waals surface area contributed by atoms with Crippen molar-refractivity contribution in [3.05, 3.63) is 71.3 Å². The van der Waals surface area contributed by atoms with Crippen molar-refractivity contribution in [1.29, 1.82) is 0 Å². The van der Waals surface area contributed by atoms with Crippen LogP contribution in [-0.4, -0.2) is 16.1 Å². The maximum atomic E-state index is 12.8. The molecule has 4 rings (SSSR count). The fraction of sp³-hybridized carbons (Fsp3) is 0.250. The van der Waals surface area contributed by atoms with Gasteiger partial charge in [-0.2, -0.15) is 13.2 Å². The van der Waals surface area contributed by atoms with Crippen molar-refractivity contribution < 1.29 is 36.6 Å². The number of rotatable bonds is 7. The van der Waals surface area contributed by atoms with E-state index < -0.39 is 17.7 Å². The van der Waals surface area contributed by atoms with Crippen LogP contribution in [0.2, 0.25) is 0 Å². The first-order valence-corrected chi connectivity index (χ1v) is 10.1. The molecule has 0 aliphatic carbocycles. The van der Waals surface area contributed by atoms with Gasteiger partial charge in [-0.15, -0.1) is 0 Å². The molecular weight excluding hydrogens is 439 g/mol. The molecule has 0 aliphatic rings. The summed E-state index contributed by atoms with van der Waals surface area (Å²) in [7, 11) is 0. The Morgan fingerprint density at radius 1 is 1.15 bits per heavy atom. The third-order valence-corrected chi connectivity index (χ3v) is 5.07. The molecule has 0 radical (unpaired) electrons. The first kappa shape index (κ1) is 22.4. The Labute approximate surface area is 186 Å². The molecule has 0 amide bonds. The number of benzene rings is 2. The molecule has 2 aromatic carbocycles. The Hall–Kier alpha value is -3.75. The Balaban J connectivity index is 1.54. The zero-order chi connectivity index (χ0) is 23.8. The van der Waals surface area contributed by atoms with E-state index >= 15 is 0 Å². The number of carboxylic acid groups (broad SMARTS) is 1. The summed E-state index contributed by atoms with van der Waals surface area (Å²) in [4.78, 5) is 15.4. The number of fused-ring (bicyclic) bond motifs is 1. The maximum Gasteiger partial charge on any atom is 0.416 e. The first-order valence-electron chi connectivity index (χ1n) is 10.1. The highest BCUT2D eigenvalue weighted by Gasteiger charge is 2.30. The van der Waals surface area contributed by atoms with E-state index in [9.17, 15) is 18.0 Å². The molecule has 0 spiro atoms. The highest BCUT2D eigenvalue weighted by Crippen LogP contribution is 2.33. The summed E-state index contributed by atoms with van der Waals surface area (Å²) in [5.74, 6) is 0.216. The second kappa shape index (κ2) is 8.65. The number of furan rings is 1. The number of aromatic nitrogens is 1. The molecule has 0 saturated carbocycles. The topological polar surface area (TPSA) is 85.7 Å². The van der Waals surface area contributed by atoms with Gasteiger partial charge in [-0.1, -0.05) is 13.8 Å².